The van der Waals surface area contributed by atoms with Crippen LogP contribution in [0.1, 0.15) is 25.3 Å². The average molecular weight is 305 g/mol. The van der Waals surface area contributed by atoms with Crippen molar-refractivity contribution in [3.8, 4) is 0 Å². The van der Waals surface area contributed by atoms with Crippen LogP contribution in [0, 0.1) is 5.41 Å². The summed E-state index contributed by atoms with van der Waals surface area (Å²) in [5.41, 5.74) is 6.05. The van der Waals surface area contributed by atoms with Crippen LogP contribution in [0.2, 0.25) is 0 Å². The van der Waals surface area contributed by atoms with E-state index in [2.05, 4.69) is 10.6 Å². The molecule has 0 bridgehead atoms. The standard InChI is InChI=1S/C17H27N3O2/c1-16(18,14-6-4-3-5-7-14)15(21)20-12-17(13-22-2)8-10-19-11-9-17/h3-7,19H,8-13,18H2,1-2H3,(H,20,21). The van der Waals surface area contributed by atoms with Gasteiger partial charge in [-0.1, -0.05) is 30.3 Å². The second-order valence-corrected chi connectivity index (χ2v) is 6.43. The molecule has 2 rings (SSSR count). The maximum atomic E-state index is 12.6. The molecule has 122 valence electrons. The van der Waals surface area contributed by atoms with Crippen LogP contribution >= 0.6 is 0 Å². The Bertz CT molecular complexity index is 476. The Morgan fingerprint density at radius 3 is 2.59 bits per heavy atom. The Kier molecular flexibility index (Phi) is 5.56. The van der Waals surface area contributed by atoms with Gasteiger partial charge in [0.25, 0.3) is 0 Å². The van der Waals surface area contributed by atoms with Gasteiger partial charge in [-0.3, -0.25) is 4.79 Å². The molecule has 0 saturated carbocycles. The van der Waals surface area contributed by atoms with Crippen molar-refractivity contribution in [1.29, 1.82) is 0 Å². The van der Waals surface area contributed by atoms with Crippen molar-refractivity contribution >= 4 is 5.91 Å². The molecule has 1 aliphatic rings. The number of carbonyl (C=O) groups is 1. The fourth-order valence-electron chi connectivity index (χ4n) is 3.00. The molecule has 1 amide bonds. The molecule has 5 heteroatoms. The number of methoxy groups -OCH3 is 1. The van der Waals surface area contributed by atoms with Gasteiger partial charge in [-0.15, -0.1) is 0 Å². The third-order valence-corrected chi connectivity index (χ3v) is 4.58. The zero-order valence-corrected chi connectivity index (χ0v) is 13.5. The summed E-state index contributed by atoms with van der Waals surface area (Å²) in [4.78, 5) is 12.6. The van der Waals surface area contributed by atoms with Gasteiger partial charge >= 0.3 is 0 Å². The molecule has 1 aromatic rings. The minimum atomic E-state index is -1.03. The van der Waals surface area contributed by atoms with Crippen molar-refractivity contribution in [1.82, 2.24) is 10.6 Å². The largest absolute Gasteiger partial charge is 0.384 e. The second-order valence-electron chi connectivity index (χ2n) is 6.43. The molecule has 1 atom stereocenters. The van der Waals surface area contributed by atoms with Crippen LogP contribution < -0.4 is 16.4 Å². The number of benzene rings is 1. The summed E-state index contributed by atoms with van der Waals surface area (Å²) in [6.45, 7) is 4.92. The molecule has 1 aliphatic heterocycles. The number of hydrogen-bond acceptors (Lipinski definition) is 4. The van der Waals surface area contributed by atoms with E-state index in [-0.39, 0.29) is 11.3 Å². The Labute approximate surface area is 132 Å². The lowest BCUT2D eigenvalue weighted by Crippen LogP contribution is -2.53. The lowest BCUT2D eigenvalue weighted by molar-refractivity contribution is -0.127. The van der Waals surface area contributed by atoms with Crippen molar-refractivity contribution in [2.24, 2.45) is 11.1 Å². The van der Waals surface area contributed by atoms with Crippen molar-refractivity contribution in [3.63, 3.8) is 0 Å². The summed E-state index contributed by atoms with van der Waals surface area (Å²) in [6, 6.07) is 9.48. The Morgan fingerprint density at radius 1 is 1.36 bits per heavy atom. The normalized spacial score (nSPS) is 20.1. The first kappa shape index (κ1) is 16.9. The summed E-state index contributed by atoms with van der Waals surface area (Å²) < 4.78 is 5.38. The maximum absolute atomic E-state index is 12.6. The van der Waals surface area contributed by atoms with E-state index in [9.17, 15) is 4.79 Å². The zero-order chi connectivity index (χ0) is 16.1. The van der Waals surface area contributed by atoms with Gasteiger partial charge in [0.05, 0.1) is 6.61 Å². The number of carbonyl (C=O) groups excluding carboxylic acids is 1. The Hall–Kier alpha value is -1.43. The van der Waals surface area contributed by atoms with E-state index in [1.807, 2.05) is 30.3 Å². The van der Waals surface area contributed by atoms with Crippen LogP contribution in [-0.4, -0.2) is 39.3 Å². The number of nitrogens with one attached hydrogen (secondary N) is 2. The van der Waals surface area contributed by atoms with E-state index in [4.69, 9.17) is 10.5 Å². The zero-order valence-electron chi connectivity index (χ0n) is 13.5. The van der Waals surface area contributed by atoms with Crippen molar-refractivity contribution in [2.75, 3.05) is 33.4 Å². The van der Waals surface area contributed by atoms with Crippen LogP contribution in [0.4, 0.5) is 0 Å². The van der Waals surface area contributed by atoms with Gasteiger partial charge in [0.15, 0.2) is 0 Å². The van der Waals surface area contributed by atoms with Crippen LogP contribution in [0.3, 0.4) is 0 Å². The van der Waals surface area contributed by atoms with Crippen molar-refractivity contribution in [3.05, 3.63) is 35.9 Å². The van der Waals surface area contributed by atoms with Crippen LogP contribution in [0.5, 0.6) is 0 Å². The van der Waals surface area contributed by atoms with Crippen molar-refractivity contribution < 1.29 is 9.53 Å². The minimum absolute atomic E-state index is 0.00241. The summed E-state index contributed by atoms with van der Waals surface area (Å²) in [6.07, 6.45) is 1.99. The highest BCUT2D eigenvalue weighted by molar-refractivity contribution is 5.87. The molecule has 1 heterocycles. The highest BCUT2D eigenvalue weighted by Gasteiger charge is 2.35. The van der Waals surface area contributed by atoms with E-state index in [0.29, 0.717) is 13.2 Å². The summed E-state index contributed by atoms with van der Waals surface area (Å²) in [5.74, 6) is -0.146. The lowest BCUT2D eigenvalue weighted by Gasteiger charge is -2.38. The Balaban J connectivity index is 2.01. The number of ether oxygens (including phenoxy) is 1. The van der Waals surface area contributed by atoms with Crippen LogP contribution in [-0.2, 0) is 15.1 Å². The van der Waals surface area contributed by atoms with Gasteiger partial charge in [0.1, 0.15) is 5.54 Å². The minimum Gasteiger partial charge on any atom is -0.384 e. The molecule has 5 nitrogen and oxygen atoms in total. The molecule has 4 N–H and O–H groups in total. The second kappa shape index (κ2) is 7.22. The smallest absolute Gasteiger partial charge is 0.244 e. The molecule has 1 unspecified atom stereocenters. The number of piperidine rings is 1. The number of nitrogens with two attached hydrogens (primary N) is 1. The first-order valence-corrected chi connectivity index (χ1v) is 7.83. The molecule has 22 heavy (non-hydrogen) atoms. The van der Waals surface area contributed by atoms with Crippen LogP contribution in [0.25, 0.3) is 0 Å². The van der Waals surface area contributed by atoms with E-state index in [0.717, 1.165) is 31.5 Å². The monoisotopic (exact) mass is 305 g/mol. The van der Waals surface area contributed by atoms with Gasteiger partial charge < -0.3 is 21.1 Å². The molecular formula is C17H27N3O2. The van der Waals surface area contributed by atoms with E-state index in [1.165, 1.54) is 0 Å². The number of rotatable bonds is 6. The van der Waals surface area contributed by atoms with Crippen molar-refractivity contribution in [2.45, 2.75) is 25.3 Å². The van der Waals surface area contributed by atoms with Gasteiger partial charge in [-0.25, -0.2) is 0 Å². The molecule has 0 aromatic heterocycles. The van der Waals surface area contributed by atoms with Gasteiger partial charge in [0.2, 0.25) is 5.91 Å². The average Bonchev–Trinajstić information content (AvgIpc) is 2.54. The topological polar surface area (TPSA) is 76.4 Å². The van der Waals surface area contributed by atoms with Gasteiger partial charge in [-0.2, -0.15) is 0 Å². The van der Waals surface area contributed by atoms with E-state index < -0.39 is 5.54 Å². The molecule has 0 spiro atoms. The molecular weight excluding hydrogens is 278 g/mol. The third kappa shape index (κ3) is 3.85. The van der Waals surface area contributed by atoms with E-state index >= 15 is 0 Å². The molecule has 1 fully saturated rings. The van der Waals surface area contributed by atoms with Gasteiger partial charge in [-0.05, 0) is 38.4 Å². The maximum Gasteiger partial charge on any atom is 0.244 e. The predicted molar refractivity (Wildman–Crippen MR) is 87.4 cm³/mol. The quantitative estimate of drug-likeness (QED) is 0.733. The summed E-state index contributed by atoms with van der Waals surface area (Å²) in [7, 11) is 1.71. The van der Waals surface area contributed by atoms with Crippen LogP contribution in [0.15, 0.2) is 30.3 Å². The summed E-state index contributed by atoms with van der Waals surface area (Å²) in [5, 5.41) is 6.39. The van der Waals surface area contributed by atoms with E-state index in [1.54, 1.807) is 14.0 Å². The fourth-order valence-corrected chi connectivity index (χ4v) is 3.00. The first-order chi connectivity index (χ1) is 10.5. The molecule has 0 aliphatic carbocycles. The molecule has 1 saturated heterocycles. The highest BCUT2D eigenvalue weighted by Crippen LogP contribution is 2.28. The SMILES string of the molecule is COCC1(CNC(=O)C(C)(N)c2ccccc2)CCNCC1. The first-order valence-electron chi connectivity index (χ1n) is 7.83. The van der Waals surface area contributed by atoms with Gasteiger partial charge in [0, 0.05) is 19.1 Å². The number of hydrogen-bond donors (Lipinski definition) is 3. The molecule has 1 aromatic carbocycles. The molecule has 0 radical (unpaired) electrons. The predicted octanol–water partition coefficient (Wildman–Crippen LogP) is 0.993. The summed E-state index contributed by atoms with van der Waals surface area (Å²) >= 11 is 0. The highest BCUT2D eigenvalue weighted by atomic mass is 16.5. The third-order valence-electron chi connectivity index (χ3n) is 4.58. The Morgan fingerprint density at radius 2 is 2.00 bits per heavy atom. The lowest BCUT2D eigenvalue weighted by atomic mass is 9.79. The number of amides is 1. The fraction of sp³-hybridized carbons (Fsp3) is 0.588.